The summed E-state index contributed by atoms with van der Waals surface area (Å²) in [6.45, 7) is -0.104. The number of rotatable bonds is 2. The summed E-state index contributed by atoms with van der Waals surface area (Å²) in [4.78, 5) is 11.9. The molecule has 0 aromatic carbocycles. The molecule has 0 amide bonds. The molecule has 90 valence electrons. The van der Waals surface area contributed by atoms with Crippen LogP contribution in [0.25, 0.3) is 0 Å². The largest absolute Gasteiger partial charge is 0.365 e. The van der Waals surface area contributed by atoms with E-state index < -0.39 is 15.3 Å². The topological polar surface area (TPSA) is 26.3 Å². The molecule has 2 rings (SSSR count). The average molecular weight is 304 g/mol. The fraction of sp³-hybridized carbons (Fsp3) is 0.700. The van der Waals surface area contributed by atoms with Crippen molar-refractivity contribution >= 4 is 52.2 Å². The van der Waals surface area contributed by atoms with Crippen LogP contribution in [0.1, 0.15) is 6.42 Å². The highest BCUT2D eigenvalue weighted by atomic mass is 35.6. The molecule has 1 fully saturated rings. The maximum atomic E-state index is 11.9. The molecule has 2 aliphatic rings. The molecule has 0 heterocycles. The monoisotopic (exact) mass is 302 g/mol. The van der Waals surface area contributed by atoms with Crippen LogP contribution in [0.3, 0.4) is 0 Å². The zero-order valence-corrected chi connectivity index (χ0v) is 11.2. The number of alkyl halides is 4. The van der Waals surface area contributed by atoms with Crippen molar-refractivity contribution in [3.63, 3.8) is 0 Å². The third kappa shape index (κ3) is 2.68. The first-order valence-corrected chi connectivity index (χ1v) is 6.50. The van der Waals surface area contributed by atoms with Gasteiger partial charge in [0.1, 0.15) is 11.5 Å². The summed E-state index contributed by atoms with van der Waals surface area (Å²) in [5, 5.41) is -0.518. The van der Waals surface area contributed by atoms with Crippen LogP contribution in [-0.2, 0) is 9.53 Å². The number of ketones is 1. The molecule has 6 heteroatoms. The normalized spacial score (nSPS) is 38.1. The Hall–Kier alpha value is 0.530. The molecule has 1 saturated carbocycles. The Morgan fingerprint density at radius 3 is 2.56 bits per heavy atom. The van der Waals surface area contributed by atoms with Gasteiger partial charge in [-0.15, -0.1) is 11.6 Å². The molecule has 2 aliphatic carbocycles. The van der Waals surface area contributed by atoms with E-state index in [2.05, 4.69) is 0 Å². The number of hydrogen-bond acceptors (Lipinski definition) is 2. The van der Waals surface area contributed by atoms with Crippen LogP contribution in [0.4, 0.5) is 0 Å². The Bertz CT molecular complexity index is 323. The Morgan fingerprint density at radius 2 is 1.94 bits per heavy atom. The smallest absolute Gasteiger partial charge is 0.213 e. The Labute approximate surface area is 114 Å². The van der Waals surface area contributed by atoms with Gasteiger partial charge in [-0.3, -0.25) is 4.79 Å². The van der Waals surface area contributed by atoms with Gasteiger partial charge in [0, 0.05) is 11.8 Å². The van der Waals surface area contributed by atoms with Crippen LogP contribution in [-0.4, -0.2) is 27.7 Å². The van der Waals surface area contributed by atoms with E-state index in [-0.39, 0.29) is 24.2 Å². The summed E-state index contributed by atoms with van der Waals surface area (Å²) in [7, 11) is 0. The second kappa shape index (κ2) is 4.66. The molecule has 0 radical (unpaired) electrons. The van der Waals surface area contributed by atoms with Gasteiger partial charge in [0.05, 0.1) is 6.61 Å². The summed E-state index contributed by atoms with van der Waals surface area (Å²) in [5.41, 5.74) is 0. The number of allylic oxidation sites excluding steroid dienone is 1. The van der Waals surface area contributed by atoms with Crippen LogP contribution >= 0.6 is 46.4 Å². The molecule has 0 aromatic heterocycles. The van der Waals surface area contributed by atoms with Crippen molar-refractivity contribution in [2.75, 3.05) is 6.61 Å². The van der Waals surface area contributed by atoms with Gasteiger partial charge in [-0.05, 0) is 6.42 Å². The van der Waals surface area contributed by atoms with Crippen LogP contribution in [0.15, 0.2) is 12.2 Å². The zero-order valence-electron chi connectivity index (χ0n) is 8.21. The number of halogens is 4. The lowest BCUT2D eigenvalue weighted by atomic mass is 9.84. The summed E-state index contributed by atoms with van der Waals surface area (Å²) in [5.74, 6) is 0.0915. The van der Waals surface area contributed by atoms with Crippen LogP contribution in [0.2, 0.25) is 0 Å². The predicted octanol–water partition coefficient (Wildman–Crippen LogP) is 3.12. The Morgan fingerprint density at radius 1 is 1.31 bits per heavy atom. The molecule has 0 saturated heterocycles. The van der Waals surface area contributed by atoms with Crippen molar-refractivity contribution in [2.24, 2.45) is 11.8 Å². The van der Waals surface area contributed by atoms with Crippen LogP contribution < -0.4 is 0 Å². The average Bonchev–Trinajstić information content (AvgIpc) is 2.59. The molecular formula is C10H10Cl4O2. The molecule has 0 aliphatic heterocycles. The zero-order chi connectivity index (χ0) is 11.9. The molecule has 2 bridgehead atoms. The molecule has 0 aromatic rings. The van der Waals surface area contributed by atoms with Gasteiger partial charge in [0.2, 0.25) is 3.79 Å². The van der Waals surface area contributed by atoms with Gasteiger partial charge in [0.15, 0.2) is 5.78 Å². The van der Waals surface area contributed by atoms with Crippen molar-refractivity contribution in [3.05, 3.63) is 12.2 Å². The second-order valence-electron chi connectivity index (χ2n) is 4.10. The van der Waals surface area contributed by atoms with Crippen LogP contribution in [0.5, 0.6) is 0 Å². The lowest BCUT2D eigenvalue weighted by Crippen LogP contribution is -2.44. The van der Waals surface area contributed by atoms with E-state index in [1.807, 2.05) is 12.2 Å². The SMILES string of the molecule is O=C1[C@H](Cl)[C@@H]2C=C[C@@H](C2)[C@H]1OCC(Cl)(Cl)Cl. The fourth-order valence-corrected chi connectivity index (χ4v) is 2.67. The highest BCUT2D eigenvalue weighted by Gasteiger charge is 2.45. The summed E-state index contributed by atoms with van der Waals surface area (Å²) in [6.07, 6.45) is 4.20. The number of hydrogen-bond donors (Lipinski definition) is 0. The van der Waals surface area contributed by atoms with E-state index in [0.717, 1.165) is 6.42 Å². The number of carbonyl (C=O) groups is 1. The number of ether oxygens (including phenoxy) is 1. The second-order valence-corrected chi connectivity index (χ2v) is 7.09. The molecule has 16 heavy (non-hydrogen) atoms. The van der Waals surface area contributed by atoms with Gasteiger partial charge in [-0.1, -0.05) is 47.0 Å². The third-order valence-electron chi connectivity index (χ3n) is 2.89. The lowest BCUT2D eigenvalue weighted by molar-refractivity contribution is -0.135. The van der Waals surface area contributed by atoms with E-state index in [9.17, 15) is 4.79 Å². The van der Waals surface area contributed by atoms with Gasteiger partial charge < -0.3 is 4.74 Å². The number of carbonyl (C=O) groups excluding carboxylic acids is 1. The van der Waals surface area contributed by atoms with Crippen molar-refractivity contribution < 1.29 is 9.53 Å². The minimum atomic E-state index is -1.50. The maximum absolute atomic E-state index is 11.9. The summed E-state index contributed by atoms with van der Waals surface area (Å²) < 4.78 is 3.88. The first-order valence-electron chi connectivity index (χ1n) is 4.93. The number of fused-ring (bicyclic) bond motifs is 2. The first kappa shape index (κ1) is 13.0. The molecule has 0 unspecified atom stereocenters. The highest BCUT2D eigenvalue weighted by Crippen LogP contribution is 2.40. The lowest BCUT2D eigenvalue weighted by Gasteiger charge is -2.31. The van der Waals surface area contributed by atoms with Crippen molar-refractivity contribution in [2.45, 2.75) is 21.7 Å². The van der Waals surface area contributed by atoms with Gasteiger partial charge >= 0.3 is 0 Å². The maximum Gasteiger partial charge on any atom is 0.213 e. The Balaban J connectivity index is 2.03. The van der Waals surface area contributed by atoms with Crippen molar-refractivity contribution in [1.82, 2.24) is 0 Å². The standard InChI is InChI=1S/C10H10Cl4O2/c11-7-5-1-2-6(3-5)9(8(7)15)16-4-10(12,13)14/h1-2,5-7,9H,3-4H2/t5-,6+,7-,9-/m1/s1. The van der Waals surface area contributed by atoms with Gasteiger partial charge in [-0.25, -0.2) is 0 Å². The van der Waals surface area contributed by atoms with Gasteiger partial charge in [0.25, 0.3) is 0 Å². The highest BCUT2D eigenvalue weighted by molar-refractivity contribution is 6.67. The van der Waals surface area contributed by atoms with Crippen LogP contribution in [0, 0.1) is 11.8 Å². The van der Waals surface area contributed by atoms with E-state index >= 15 is 0 Å². The van der Waals surface area contributed by atoms with Gasteiger partial charge in [-0.2, -0.15) is 0 Å². The van der Waals surface area contributed by atoms with E-state index in [1.54, 1.807) is 0 Å². The third-order valence-corrected chi connectivity index (χ3v) is 3.76. The number of Topliss-reactive ketones (excluding diaryl/α,β-unsaturated/α-hetero) is 1. The minimum Gasteiger partial charge on any atom is -0.365 e. The van der Waals surface area contributed by atoms with Crippen molar-refractivity contribution in [3.8, 4) is 0 Å². The summed E-state index contributed by atoms with van der Waals surface area (Å²) in [6, 6.07) is 0. The predicted molar refractivity (Wildman–Crippen MR) is 65.4 cm³/mol. The minimum absolute atomic E-state index is 0.0693. The molecular weight excluding hydrogens is 294 g/mol. The fourth-order valence-electron chi connectivity index (χ4n) is 2.17. The Kier molecular flexibility index (Phi) is 3.78. The first-order chi connectivity index (χ1) is 7.38. The molecule has 4 atom stereocenters. The quantitative estimate of drug-likeness (QED) is 0.579. The van der Waals surface area contributed by atoms with Crippen molar-refractivity contribution in [1.29, 1.82) is 0 Å². The van der Waals surface area contributed by atoms with E-state index in [1.165, 1.54) is 0 Å². The molecule has 0 N–H and O–H groups in total. The van der Waals surface area contributed by atoms with E-state index in [4.69, 9.17) is 51.1 Å². The van der Waals surface area contributed by atoms with E-state index in [0.29, 0.717) is 0 Å². The molecule has 2 nitrogen and oxygen atoms in total. The summed E-state index contributed by atoms with van der Waals surface area (Å²) >= 11 is 22.8. The molecule has 0 spiro atoms.